The van der Waals surface area contributed by atoms with E-state index in [1.54, 1.807) is 7.11 Å². The Bertz CT molecular complexity index is 664. The van der Waals surface area contributed by atoms with Crippen molar-refractivity contribution in [3.8, 4) is 17.0 Å². The number of halogens is 1. The summed E-state index contributed by atoms with van der Waals surface area (Å²) in [5.74, 6) is 1.80. The van der Waals surface area contributed by atoms with Crippen LogP contribution >= 0.6 is 15.9 Å². The van der Waals surface area contributed by atoms with Gasteiger partial charge in [0.25, 0.3) is 0 Å². The van der Waals surface area contributed by atoms with Crippen LogP contribution in [0.5, 0.6) is 5.75 Å². The molecule has 0 atom stereocenters. The minimum atomic E-state index is 0.874. The highest BCUT2D eigenvalue weighted by molar-refractivity contribution is 9.10. The maximum atomic E-state index is 5.56. The van der Waals surface area contributed by atoms with E-state index < -0.39 is 0 Å². The lowest BCUT2D eigenvalue weighted by Crippen LogP contribution is -2.17. The summed E-state index contributed by atoms with van der Waals surface area (Å²) in [6.45, 7) is 6.15. The van der Waals surface area contributed by atoms with Crippen LogP contribution in [0.4, 0.5) is 5.95 Å². The quantitative estimate of drug-likeness (QED) is 0.908. The zero-order valence-electron chi connectivity index (χ0n) is 12.0. The number of aryl methyl sites for hydroxylation is 2. The monoisotopic (exact) mass is 335 g/mol. The molecule has 106 valence electrons. The summed E-state index contributed by atoms with van der Waals surface area (Å²) in [4.78, 5) is 4.74. The normalized spacial score (nSPS) is 13.8. The number of benzene rings is 1. The maximum absolute atomic E-state index is 5.56. The first kappa shape index (κ1) is 13.5. The van der Waals surface area contributed by atoms with Gasteiger partial charge in [-0.15, -0.1) is 0 Å². The van der Waals surface area contributed by atoms with Crippen LogP contribution in [0.25, 0.3) is 11.3 Å². The second-order valence-corrected chi connectivity index (χ2v) is 5.92. The van der Waals surface area contributed by atoms with E-state index in [9.17, 15) is 0 Å². The molecule has 0 fully saturated rings. The van der Waals surface area contributed by atoms with E-state index >= 15 is 0 Å². The van der Waals surface area contributed by atoms with E-state index in [1.807, 2.05) is 0 Å². The van der Waals surface area contributed by atoms with Gasteiger partial charge < -0.3 is 14.6 Å². The third-order valence-corrected chi connectivity index (χ3v) is 4.45. The van der Waals surface area contributed by atoms with Crippen molar-refractivity contribution in [1.29, 1.82) is 0 Å². The number of ether oxygens (including phenoxy) is 1. The third-order valence-electron chi connectivity index (χ3n) is 3.65. The Labute approximate surface area is 127 Å². The van der Waals surface area contributed by atoms with Gasteiger partial charge in [-0.25, -0.2) is 4.98 Å². The van der Waals surface area contributed by atoms with Crippen molar-refractivity contribution in [1.82, 2.24) is 9.55 Å². The number of nitrogens with zero attached hydrogens (tertiary/aromatic N) is 2. The minimum Gasteiger partial charge on any atom is -0.496 e. The van der Waals surface area contributed by atoms with E-state index in [1.165, 1.54) is 11.1 Å². The summed E-state index contributed by atoms with van der Waals surface area (Å²) in [6, 6.07) is 4.22. The summed E-state index contributed by atoms with van der Waals surface area (Å²) in [5.41, 5.74) is 4.39. The largest absolute Gasteiger partial charge is 0.496 e. The number of nitrogens with one attached hydrogen (secondary N) is 1. The Morgan fingerprint density at radius 2 is 2.15 bits per heavy atom. The van der Waals surface area contributed by atoms with E-state index in [2.05, 4.69) is 51.8 Å². The summed E-state index contributed by atoms with van der Waals surface area (Å²) >= 11 is 3.69. The topological polar surface area (TPSA) is 39.1 Å². The molecule has 4 nitrogen and oxygen atoms in total. The Morgan fingerprint density at radius 1 is 1.35 bits per heavy atom. The van der Waals surface area contributed by atoms with Crippen LogP contribution in [-0.2, 0) is 6.54 Å². The molecular formula is C15H18BrN3O. The number of anilines is 1. The van der Waals surface area contributed by atoms with Crippen LogP contribution in [0.2, 0.25) is 0 Å². The molecule has 2 aromatic rings. The fourth-order valence-electron chi connectivity index (χ4n) is 2.76. The lowest BCUT2D eigenvalue weighted by molar-refractivity contribution is 0.415. The fourth-order valence-corrected chi connectivity index (χ4v) is 3.39. The van der Waals surface area contributed by atoms with Crippen molar-refractivity contribution in [2.75, 3.05) is 19.0 Å². The van der Waals surface area contributed by atoms with Gasteiger partial charge in [-0.1, -0.05) is 6.07 Å². The predicted molar refractivity (Wildman–Crippen MR) is 84.5 cm³/mol. The van der Waals surface area contributed by atoms with Gasteiger partial charge in [-0.2, -0.15) is 0 Å². The van der Waals surface area contributed by atoms with Gasteiger partial charge in [0.1, 0.15) is 16.0 Å². The standard InChI is InChI=1S/C15H18BrN3O/c1-9-7-10(2)12(11(8-9)20-3)13-14(16)19-6-4-5-17-15(19)18-13/h7-8H,4-6H2,1-3H3,(H,17,18). The second kappa shape index (κ2) is 5.13. The molecule has 1 N–H and O–H groups in total. The number of imidazole rings is 1. The predicted octanol–water partition coefficient (Wildman–Crippen LogP) is 3.75. The summed E-state index contributed by atoms with van der Waals surface area (Å²) in [7, 11) is 1.71. The second-order valence-electron chi connectivity index (χ2n) is 5.17. The van der Waals surface area contributed by atoms with Gasteiger partial charge in [0.2, 0.25) is 5.95 Å². The summed E-state index contributed by atoms with van der Waals surface area (Å²) in [6.07, 6.45) is 1.12. The van der Waals surface area contributed by atoms with E-state index in [4.69, 9.17) is 9.72 Å². The summed E-state index contributed by atoms with van der Waals surface area (Å²) < 4.78 is 8.75. The molecule has 20 heavy (non-hydrogen) atoms. The first-order chi connectivity index (χ1) is 9.61. The molecule has 0 radical (unpaired) electrons. The number of fused-ring (bicyclic) bond motifs is 1. The minimum absolute atomic E-state index is 0.874. The molecule has 0 unspecified atom stereocenters. The zero-order chi connectivity index (χ0) is 14.3. The van der Waals surface area contributed by atoms with Gasteiger partial charge in [0.05, 0.1) is 7.11 Å². The van der Waals surface area contributed by atoms with Crippen LogP contribution in [0.3, 0.4) is 0 Å². The molecule has 1 aromatic carbocycles. The Hall–Kier alpha value is -1.49. The van der Waals surface area contributed by atoms with Crippen LogP contribution in [0.15, 0.2) is 16.7 Å². The number of aromatic nitrogens is 2. The van der Waals surface area contributed by atoms with Crippen molar-refractivity contribution < 1.29 is 4.74 Å². The average Bonchev–Trinajstić information content (AvgIpc) is 2.75. The van der Waals surface area contributed by atoms with Crippen molar-refractivity contribution in [3.63, 3.8) is 0 Å². The van der Waals surface area contributed by atoms with Crippen LogP contribution < -0.4 is 10.1 Å². The van der Waals surface area contributed by atoms with Gasteiger partial charge in [-0.3, -0.25) is 0 Å². The van der Waals surface area contributed by atoms with Crippen molar-refractivity contribution >= 4 is 21.9 Å². The number of methoxy groups -OCH3 is 1. The zero-order valence-corrected chi connectivity index (χ0v) is 13.5. The van der Waals surface area contributed by atoms with Gasteiger partial charge in [-0.05, 0) is 53.4 Å². The highest BCUT2D eigenvalue weighted by atomic mass is 79.9. The highest BCUT2D eigenvalue weighted by Crippen LogP contribution is 2.39. The van der Waals surface area contributed by atoms with Crippen LogP contribution in [0.1, 0.15) is 17.5 Å². The molecule has 3 rings (SSSR count). The molecule has 0 saturated heterocycles. The molecule has 1 aliphatic rings. The smallest absolute Gasteiger partial charge is 0.204 e. The number of hydrogen-bond acceptors (Lipinski definition) is 3. The van der Waals surface area contributed by atoms with Crippen molar-refractivity contribution in [2.45, 2.75) is 26.8 Å². The SMILES string of the molecule is COc1cc(C)cc(C)c1-c1nc2n(c1Br)CCCN2. The molecule has 0 bridgehead atoms. The van der Waals surface area contributed by atoms with E-state index in [-0.39, 0.29) is 0 Å². The molecule has 1 aromatic heterocycles. The van der Waals surface area contributed by atoms with E-state index in [0.29, 0.717) is 0 Å². The first-order valence-electron chi connectivity index (χ1n) is 6.77. The van der Waals surface area contributed by atoms with Crippen LogP contribution in [-0.4, -0.2) is 23.2 Å². The van der Waals surface area contributed by atoms with Gasteiger partial charge in [0.15, 0.2) is 0 Å². The number of hydrogen-bond donors (Lipinski definition) is 1. The van der Waals surface area contributed by atoms with Gasteiger partial charge >= 0.3 is 0 Å². The van der Waals surface area contributed by atoms with Gasteiger partial charge in [0, 0.05) is 18.7 Å². The van der Waals surface area contributed by atoms with Crippen LogP contribution in [0, 0.1) is 13.8 Å². The van der Waals surface area contributed by atoms with Crippen molar-refractivity contribution in [3.05, 3.63) is 27.9 Å². The fraction of sp³-hybridized carbons (Fsp3) is 0.400. The molecule has 0 amide bonds. The highest BCUT2D eigenvalue weighted by Gasteiger charge is 2.22. The molecule has 0 saturated carbocycles. The molecule has 0 aliphatic carbocycles. The van der Waals surface area contributed by atoms with Crippen molar-refractivity contribution in [2.24, 2.45) is 0 Å². The maximum Gasteiger partial charge on any atom is 0.204 e. The molecule has 5 heteroatoms. The van der Waals surface area contributed by atoms with E-state index in [0.717, 1.165) is 47.1 Å². The average molecular weight is 336 g/mol. The lowest BCUT2D eigenvalue weighted by Gasteiger charge is -2.15. The molecule has 2 heterocycles. The lowest BCUT2D eigenvalue weighted by atomic mass is 10.0. The molecular weight excluding hydrogens is 318 g/mol. The molecule has 1 aliphatic heterocycles. The first-order valence-corrected chi connectivity index (χ1v) is 7.56. The Balaban J connectivity index is 2.21. The Morgan fingerprint density at radius 3 is 2.85 bits per heavy atom. The summed E-state index contributed by atoms with van der Waals surface area (Å²) in [5, 5.41) is 3.34. The number of rotatable bonds is 2. The Kier molecular flexibility index (Phi) is 3.46. The third kappa shape index (κ3) is 2.10. The molecule has 0 spiro atoms.